The number of imidazole rings is 1. The number of carbonyl (C=O) groups is 1. The van der Waals surface area contributed by atoms with Crippen molar-refractivity contribution in [1.29, 1.82) is 0 Å². The van der Waals surface area contributed by atoms with E-state index >= 15 is 0 Å². The number of aliphatic carboxylic acids is 1. The van der Waals surface area contributed by atoms with Gasteiger partial charge < -0.3 is 29.9 Å². The molecule has 0 bridgehead atoms. The highest BCUT2D eigenvalue weighted by Gasteiger charge is 2.17. The lowest BCUT2D eigenvalue weighted by molar-refractivity contribution is -0.138. The summed E-state index contributed by atoms with van der Waals surface area (Å²) in [5.74, 6) is -0.273. The van der Waals surface area contributed by atoms with Crippen molar-refractivity contribution in [2.75, 3.05) is 12.1 Å². The minimum atomic E-state index is -4.16. The Morgan fingerprint density at radius 1 is 1.12 bits per heavy atom. The number of ether oxygens (including phenoxy) is 1. The van der Waals surface area contributed by atoms with Crippen molar-refractivity contribution in [2.24, 2.45) is 5.92 Å². The van der Waals surface area contributed by atoms with Crippen LogP contribution in [0.25, 0.3) is 11.2 Å². The Bertz CT molecular complexity index is 1130. The molecule has 0 aliphatic rings. The number of aromatic nitrogens is 4. The Kier molecular flexibility index (Phi) is 9.69. The second-order valence-electron chi connectivity index (χ2n) is 8.50. The largest absolute Gasteiger partial charge is 0.481 e. The first-order chi connectivity index (χ1) is 15.9. The van der Waals surface area contributed by atoms with Crippen LogP contribution >= 0.6 is 7.60 Å². The Hall–Kier alpha value is -2.85. The molecule has 1 aromatic carbocycles. The first-order valence-electron chi connectivity index (χ1n) is 10.8. The van der Waals surface area contributed by atoms with Crippen molar-refractivity contribution in [3.8, 4) is 0 Å². The molecule has 0 spiro atoms. The maximum atomic E-state index is 10.8. The average Bonchev–Trinajstić information content (AvgIpc) is 3.16. The van der Waals surface area contributed by atoms with Gasteiger partial charge in [-0.2, -0.15) is 0 Å². The number of fused-ring (bicyclic) bond motifs is 1. The molecule has 0 radical (unpaired) electrons. The maximum Gasteiger partial charge on any atom is 0.350 e. The van der Waals surface area contributed by atoms with E-state index in [2.05, 4.69) is 28.8 Å². The van der Waals surface area contributed by atoms with Crippen molar-refractivity contribution in [3.05, 3.63) is 48.0 Å². The van der Waals surface area contributed by atoms with E-state index in [0.29, 0.717) is 23.6 Å². The second kappa shape index (κ2) is 12.0. The number of anilines is 1. The summed E-state index contributed by atoms with van der Waals surface area (Å²) in [6.45, 7) is 8.11. The second-order valence-corrected chi connectivity index (χ2v) is 10.1. The van der Waals surface area contributed by atoms with E-state index in [1.165, 1.54) is 18.2 Å². The third-order valence-corrected chi connectivity index (χ3v) is 5.39. The number of nitrogens with zero attached hydrogens (tertiary/aromatic N) is 4. The first kappa shape index (κ1) is 27.4. The lowest BCUT2D eigenvalue weighted by Gasteiger charge is -2.14. The molecule has 3 rings (SSSR count). The van der Waals surface area contributed by atoms with Crippen molar-refractivity contribution in [1.82, 2.24) is 19.5 Å². The molecule has 2 heterocycles. The number of carboxylic acids is 1. The zero-order valence-corrected chi connectivity index (χ0v) is 20.6. The van der Waals surface area contributed by atoms with Crippen molar-refractivity contribution in [2.45, 2.75) is 52.7 Å². The molecular formula is C22H32N5O6P. The van der Waals surface area contributed by atoms with Crippen LogP contribution in [-0.4, -0.2) is 52.8 Å². The minimum absolute atomic E-state index is 0.285. The van der Waals surface area contributed by atoms with Crippen molar-refractivity contribution in [3.63, 3.8) is 0 Å². The fourth-order valence-electron chi connectivity index (χ4n) is 3.14. The molecule has 0 saturated heterocycles. The Morgan fingerprint density at radius 2 is 1.76 bits per heavy atom. The number of benzene rings is 1. The third-order valence-electron chi connectivity index (χ3n) is 4.90. The molecule has 11 nitrogen and oxygen atoms in total. The molecule has 34 heavy (non-hydrogen) atoms. The van der Waals surface area contributed by atoms with Crippen molar-refractivity contribution >= 4 is 30.5 Å². The molecule has 0 aliphatic carbocycles. The fraction of sp³-hybridized carbons (Fsp3) is 0.455. The number of nitrogens with two attached hydrogens (primary N) is 1. The predicted molar refractivity (Wildman–Crippen MR) is 128 cm³/mol. The van der Waals surface area contributed by atoms with Gasteiger partial charge in [-0.05, 0) is 37.3 Å². The van der Waals surface area contributed by atoms with Crippen LogP contribution in [0.2, 0.25) is 0 Å². The van der Waals surface area contributed by atoms with Gasteiger partial charge >= 0.3 is 13.6 Å². The van der Waals surface area contributed by atoms with Gasteiger partial charge in [0, 0.05) is 0 Å². The van der Waals surface area contributed by atoms with Crippen molar-refractivity contribution < 1.29 is 29.0 Å². The number of hydrogen-bond acceptors (Lipinski definition) is 7. The van der Waals surface area contributed by atoms with Gasteiger partial charge in [-0.25, -0.2) is 15.0 Å². The van der Waals surface area contributed by atoms with Crippen LogP contribution in [0.3, 0.4) is 0 Å². The normalized spacial score (nSPS) is 13.4. The molecule has 2 atom stereocenters. The lowest BCUT2D eigenvalue weighted by Crippen LogP contribution is -2.17. The number of carboxylic acid groups (broad SMARTS) is 1. The highest BCUT2D eigenvalue weighted by Crippen LogP contribution is 2.34. The predicted octanol–water partition coefficient (Wildman–Crippen LogP) is 3.02. The molecule has 0 fully saturated rings. The molecule has 0 saturated carbocycles. The average molecular weight is 494 g/mol. The van der Waals surface area contributed by atoms with Crippen LogP contribution in [0.4, 0.5) is 5.82 Å². The first-order valence-corrected chi connectivity index (χ1v) is 12.6. The maximum absolute atomic E-state index is 10.8. The van der Waals surface area contributed by atoms with Gasteiger partial charge in [0.2, 0.25) is 0 Å². The van der Waals surface area contributed by atoms with Gasteiger partial charge in [0.1, 0.15) is 18.2 Å². The van der Waals surface area contributed by atoms with E-state index in [1.54, 1.807) is 18.4 Å². The summed E-state index contributed by atoms with van der Waals surface area (Å²) in [5.41, 5.74) is 8.84. The SMILES string of the molecule is CC(C)Cc1ccc(C(C)C(=O)O)cc1.C[C@H](Cn1cnc2c(N)ncnc21)OCP(=O)(O)O. The molecule has 5 N–H and O–H groups in total. The van der Waals surface area contributed by atoms with E-state index < -0.39 is 31.9 Å². The summed E-state index contributed by atoms with van der Waals surface area (Å²) < 4.78 is 17.5. The quantitative estimate of drug-likeness (QED) is 0.324. The summed E-state index contributed by atoms with van der Waals surface area (Å²) >= 11 is 0. The van der Waals surface area contributed by atoms with Gasteiger partial charge in [0.25, 0.3) is 0 Å². The summed E-state index contributed by atoms with van der Waals surface area (Å²) in [4.78, 5) is 40.2. The summed E-state index contributed by atoms with van der Waals surface area (Å²) in [5, 5.41) is 8.85. The third kappa shape index (κ3) is 8.49. The number of rotatable bonds is 9. The molecular weight excluding hydrogens is 461 g/mol. The highest BCUT2D eigenvalue weighted by atomic mass is 31.2. The molecule has 2 aromatic heterocycles. The van der Waals surface area contributed by atoms with Gasteiger partial charge in [-0.3, -0.25) is 9.36 Å². The van der Waals surface area contributed by atoms with E-state index in [-0.39, 0.29) is 5.82 Å². The lowest BCUT2D eigenvalue weighted by atomic mass is 9.97. The molecule has 0 aliphatic heterocycles. The molecule has 3 aromatic rings. The van der Waals surface area contributed by atoms with Crippen LogP contribution in [0.1, 0.15) is 44.7 Å². The van der Waals surface area contributed by atoms with Crippen LogP contribution in [-0.2, 0) is 27.1 Å². The standard InChI is InChI=1S/C13H18O2.C9H14N5O4P/c1-9(2)8-11-4-6-12(7-5-11)10(3)13(14)15;1-6(18-5-19(15,16)17)2-14-4-13-7-8(10)11-3-12-9(7)14/h4-7,9-10H,8H2,1-3H3,(H,14,15);3-4,6H,2,5H2,1H3,(H2,10,11,12)(H2,15,16,17)/t;6-/m.1/s1. The summed E-state index contributed by atoms with van der Waals surface area (Å²) in [6, 6.07) is 7.87. The Balaban J connectivity index is 0.000000248. The number of hydrogen-bond donors (Lipinski definition) is 4. The molecule has 186 valence electrons. The smallest absolute Gasteiger partial charge is 0.350 e. The van der Waals surface area contributed by atoms with Crippen LogP contribution in [0.5, 0.6) is 0 Å². The van der Waals surface area contributed by atoms with Crippen LogP contribution in [0, 0.1) is 5.92 Å². The monoisotopic (exact) mass is 493 g/mol. The van der Waals surface area contributed by atoms with Gasteiger partial charge in [-0.1, -0.05) is 38.1 Å². The number of nitrogen functional groups attached to an aromatic ring is 1. The van der Waals surface area contributed by atoms with Gasteiger partial charge in [0.15, 0.2) is 11.5 Å². The highest BCUT2D eigenvalue weighted by molar-refractivity contribution is 7.51. The molecule has 0 amide bonds. The van der Waals surface area contributed by atoms with E-state index in [4.69, 9.17) is 25.4 Å². The van der Waals surface area contributed by atoms with Gasteiger partial charge in [0.05, 0.1) is 24.9 Å². The van der Waals surface area contributed by atoms with Gasteiger partial charge in [-0.15, -0.1) is 0 Å². The van der Waals surface area contributed by atoms with E-state index in [9.17, 15) is 9.36 Å². The zero-order chi connectivity index (χ0) is 25.5. The minimum Gasteiger partial charge on any atom is -0.481 e. The van der Waals surface area contributed by atoms with Crippen LogP contribution in [0.15, 0.2) is 36.9 Å². The zero-order valence-electron chi connectivity index (χ0n) is 19.7. The fourth-order valence-corrected chi connectivity index (χ4v) is 3.59. The molecule has 1 unspecified atom stereocenters. The van der Waals surface area contributed by atoms with E-state index in [1.807, 2.05) is 24.3 Å². The summed E-state index contributed by atoms with van der Waals surface area (Å²) in [6.07, 6.45) is 2.89. The topological polar surface area (TPSA) is 174 Å². The van der Waals surface area contributed by atoms with E-state index in [0.717, 1.165) is 12.0 Å². The molecule has 12 heteroatoms. The Morgan fingerprint density at radius 3 is 2.32 bits per heavy atom. The van der Waals surface area contributed by atoms with Crippen LogP contribution < -0.4 is 5.73 Å². The summed E-state index contributed by atoms with van der Waals surface area (Å²) in [7, 11) is -4.16. The Labute approximate surface area is 198 Å².